The van der Waals surface area contributed by atoms with E-state index in [4.69, 9.17) is 15.1 Å². The maximum atomic E-state index is 13.7. The summed E-state index contributed by atoms with van der Waals surface area (Å²) in [5.41, 5.74) is -0.0677. The van der Waals surface area contributed by atoms with Crippen molar-refractivity contribution in [3.63, 3.8) is 0 Å². The summed E-state index contributed by atoms with van der Waals surface area (Å²) in [6.45, 7) is 3.92. The van der Waals surface area contributed by atoms with E-state index in [2.05, 4.69) is 6.07 Å². The van der Waals surface area contributed by atoms with Gasteiger partial charge in [-0.05, 0) is 38.8 Å². The molecule has 0 atom stereocenters. The van der Waals surface area contributed by atoms with Crippen LogP contribution < -0.4 is 4.74 Å². The number of para-hydroxylation sites is 1. The van der Waals surface area contributed by atoms with Gasteiger partial charge >= 0.3 is 5.97 Å². The van der Waals surface area contributed by atoms with Crippen molar-refractivity contribution in [3.8, 4) is 11.8 Å². The minimum absolute atomic E-state index is 0.0322. The highest BCUT2D eigenvalue weighted by atomic mass is 19.1. The number of carboxylic acid groups (broad SMARTS) is 1. The fraction of sp³-hybridized carbons (Fsp3) is 0.375. The lowest BCUT2D eigenvalue weighted by Crippen LogP contribution is -2.10. The number of benzene rings is 1. The first-order valence-corrected chi connectivity index (χ1v) is 6.59. The normalized spacial score (nSPS) is 11.3. The van der Waals surface area contributed by atoms with Crippen molar-refractivity contribution >= 4 is 12.0 Å². The second kappa shape index (κ2) is 7.44. The Kier molecular flexibility index (Phi) is 5.92. The van der Waals surface area contributed by atoms with Crippen molar-refractivity contribution in [3.05, 3.63) is 35.7 Å². The number of hydrogen-bond donors (Lipinski definition) is 1. The Labute approximate surface area is 123 Å². The van der Waals surface area contributed by atoms with Crippen LogP contribution in [0.5, 0.6) is 5.75 Å². The molecule has 0 aliphatic carbocycles. The molecule has 1 aromatic carbocycles. The van der Waals surface area contributed by atoms with Gasteiger partial charge in [-0.3, -0.25) is 0 Å². The maximum Gasteiger partial charge on any atom is 0.328 e. The van der Waals surface area contributed by atoms with Gasteiger partial charge in [0.15, 0.2) is 11.6 Å². The van der Waals surface area contributed by atoms with Gasteiger partial charge in [0, 0.05) is 11.6 Å². The summed E-state index contributed by atoms with van der Waals surface area (Å²) < 4.78 is 19.2. The molecular weight excluding hydrogens is 273 g/mol. The fourth-order valence-electron chi connectivity index (χ4n) is 1.71. The summed E-state index contributed by atoms with van der Waals surface area (Å²) in [6.07, 6.45) is 3.47. The van der Waals surface area contributed by atoms with Crippen molar-refractivity contribution in [1.29, 1.82) is 5.26 Å². The van der Waals surface area contributed by atoms with Gasteiger partial charge in [0.25, 0.3) is 0 Å². The number of nitriles is 1. The molecule has 5 heteroatoms. The molecule has 0 bridgehead atoms. The van der Waals surface area contributed by atoms with E-state index in [0.717, 1.165) is 6.08 Å². The third-order valence-corrected chi connectivity index (χ3v) is 2.90. The molecule has 112 valence electrons. The predicted molar refractivity (Wildman–Crippen MR) is 77.2 cm³/mol. The van der Waals surface area contributed by atoms with E-state index in [1.54, 1.807) is 6.07 Å². The highest BCUT2D eigenvalue weighted by molar-refractivity contribution is 5.85. The lowest BCUT2D eigenvalue weighted by molar-refractivity contribution is -0.131. The van der Waals surface area contributed by atoms with Crippen LogP contribution in [0.4, 0.5) is 4.39 Å². The minimum atomic E-state index is -1.11. The standard InChI is InChI=1S/C16H18FNO3/c1-16(2,11-18)9-4-10-21-15-12(7-8-14(19)20)5-3-6-13(15)17/h3,5-8H,4,9-10H2,1-2H3,(H,19,20)/b8-7+. The van der Waals surface area contributed by atoms with E-state index in [-0.39, 0.29) is 12.4 Å². The van der Waals surface area contributed by atoms with Gasteiger partial charge in [0.1, 0.15) is 0 Å². The van der Waals surface area contributed by atoms with Crippen LogP contribution in [0.15, 0.2) is 24.3 Å². The molecule has 0 saturated heterocycles. The second-order valence-electron chi connectivity index (χ2n) is 5.28. The van der Waals surface area contributed by atoms with E-state index in [9.17, 15) is 9.18 Å². The lowest BCUT2D eigenvalue weighted by atomic mass is 9.90. The monoisotopic (exact) mass is 291 g/mol. The molecule has 0 aliphatic heterocycles. The van der Waals surface area contributed by atoms with E-state index in [0.29, 0.717) is 18.4 Å². The van der Waals surface area contributed by atoms with Gasteiger partial charge in [-0.25, -0.2) is 9.18 Å². The molecule has 0 aromatic heterocycles. The average Bonchev–Trinajstić information content (AvgIpc) is 2.43. The largest absolute Gasteiger partial charge is 0.490 e. The maximum absolute atomic E-state index is 13.7. The number of carboxylic acids is 1. The molecule has 0 unspecified atom stereocenters. The summed E-state index contributed by atoms with van der Waals surface area (Å²) in [5, 5.41) is 17.5. The van der Waals surface area contributed by atoms with Crippen LogP contribution in [0.25, 0.3) is 6.08 Å². The highest BCUT2D eigenvalue weighted by Crippen LogP contribution is 2.25. The van der Waals surface area contributed by atoms with Crippen LogP contribution in [0.3, 0.4) is 0 Å². The molecule has 1 N–H and O–H groups in total. The van der Waals surface area contributed by atoms with Gasteiger partial charge in [-0.15, -0.1) is 0 Å². The summed E-state index contributed by atoms with van der Waals surface area (Å²) in [6, 6.07) is 6.52. The Morgan fingerprint density at radius 1 is 1.52 bits per heavy atom. The first-order valence-electron chi connectivity index (χ1n) is 6.59. The van der Waals surface area contributed by atoms with Crippen molar-refractivity contribution in [1.82, 2.24) is 0 Å². The van der Waals surface area contributed by atoms with Crippen LogP contribution in [-0.2, 0) is 4.79 Å². The van der Waals surface area contributed by atoms with Crippen LogP contribution in [0, 0.1) is 22.6 Å². The molecule has 0 spiro atoms. The third kappa shape index (κ3) is 5.65. The van der Waals surface area contributed by atoms with Crippen LogP contribution in [0.1, 0.15) is 32.3 Å². The summed E-state index contributed by atoms with van der Waals surface area (Å²) in [7, 11) is 0. The van der Waals surface area contributed by atoms with Crippen LogP contribution in [0.2, 0.25) is 0 Å². The van der Waals surface area contributed by atoms with Gasteiger partial charge < -0.3 is 9.84 Å². The molecule has 0 radical (unpaired) electrons. The Bertz CT molecular complexity index is 573. The Morgan fingerprint density at radius 2 is 2.24 bits per heavy atom. The first kappa shape index (κ1) is 16.7. The molecule has 4 nitrogen and oxygen atoms in total. The van der Waals surface area contributed by atoms with E-state index in [1.807, 2.05) is 13.8 Å². The van der Waals surface area contributed by atoms with Crippen molar-refractivity contribution in [2.24, 2.45) is 5.41 Å². The molecule has 0 fully saturated rings. The highest BCUT2D eigenvalue weighted by Gasteiger charge is 2.16. The van der Waals surface area contributed by atoms with Crippen LogP contribution >= 0.6 is 0 Å². The minimum Gasteiger partial charge on any atom is -0.490 e. The summed E-state index contributed by atoms with van der Waals surface area (Å²) >= 11 is 0. The molecular formula is C16H18FNO3. The molecule has 21 heavy (non-hydrogen) atoms. The zero-order chi connectivity index (χ0) is 15.9. The molecule has 0 amide bonds. The molecule has 0 aliphatic rings. The van der Waals surface area contributed by atoms with Gasteiger partial charge in [0.2, 0.25) is 0 Å². The molecule has 0 saturated carbocycles. The number of nitrogens with zero attached hydrogens (tertiary/aromatic N) is 1. The SMILES string of the molecule is CC(C)(C#N)CCCOc1c(F)cccc1/C=C/C(=O)O. The smallest absolute Gasteiger partial charge is 0.328 e. The topological polar surface area (TPSA) is 70.3 Å². The second-order valence-corrected chi connectivity index (χ2v) is 5.28. The summed E-state index contributed by atoms with van der Waals surface area (Å²) in [4.78, 5) is 10.5. The number of carbonyl (C=O) groups is 1. The fourth-order valence-corrected chi connectivity index (χ4v) is 1.71. The summed E-state index contributed by atoms with van der Waals surface area (Å²) in [5.74, 6) is -1.62. The first-order chi connectivity index (χ1) is 9.85. The van der Waals surface area contributed by atoms with Crippen molar-refractivity contribution in [2.75, 3.05) is 6.61 Å². The zero-order valence-electron chi connectivity index (χ0n) is 12.1. The number of ether oxygens (including phenoxy) is 1. The Hall–Kier alpha value is -2.35. The third-order valence-electron chi connectivity index (χ3n) is 2.90. The number of halogens is 1. The van der Waals surface area contributed by atoms with Gasteiger partial charge in [0.05, 0.1) is 18.1 Å². The molecule has 1 aromatic rings. The Morgan fingerprint density at radius 3 is 2.86 bits per heavy atom. The van der Waals surface area contributed by atoms with Crippen molar-refractivity contribution in [2.45, 2.75) is 26.7 Å². The molecule has 1 rings (SSSR count). The average molecular weight is 291 g/mol. The van der Waals surface area contributed by atoms with E-state index in [1.165, 1.54) is 18.2 Å². The zero-order valence-corrected chi connectivity index (χ0v) is 12.1. The number of aliphatic carboxylic acids is 1. The van der Waals surface area contributed by atoms with E-state index < -0.39 is 17.2 Å². The van der Waals surface area contributed by atoms with E-state index >= 15 is 0 Å². The number of rotatable bonds is 7. The van der Waals surface area contributed by atoms with Crippen molar-refractivity contribution < 1.29 is 19.0 Å². The molecule has 0 heterocycles. The van der Waals surface area contributed by atoms with Gasteiger partial charge in [-0.1, -0.05) is 12.1 Å². The lowest BCUT2D eigenvalue weighted by Gasteiger charge is -2.15. The predicted octanol–water partition coefficient (Wildman–Crippen LogP) is 3.63. The quantitative estimate of drug-likeness (QED) is 0.615. The Balaban J connectivity index is 2.70. The van der Waals surface area contributed by atoms with Crippen LogP contribution in [-0.4, -0.2) is 17.7 Å². The van der Waals surface area contributed by atoms with Gasteiger partial charge in [-0.2, -0.15) is 5.26 Å². The number of hydrogen-bond acceptors (Lipinski definition) is 3.